The average Bonchev–Trinajstić information content (AvgIpc) is 2.58. The van der Waals surface area contributed by atoms with Crippen LogP contribution in [0.1, 0.15) is 21.5 Å². The van der Waals surface area contributed by atoms with Crippen molar-refractivity contribution in [2.24, 2.45) is 0 Å². The van der Waals surface area contributed by atoms with Crippen molar-refractivity contribution in [2.75, 3.05) is 6.54 Å². The zero-order valence-corrected chi connectivity index (χ0v) is 13.9. The summed E-state index contributed by atoms with van der Waals surface area (Å²) < 4.78 is 5.05. The van der Waals surface area contributed by atoms with Crippen LogP contribution in [0.3, 0.4) is 0 Å². The van der Waals surface area contributed by atoms with Gasteiger partial charge in [0.2, 0.25) is 0 Å². The monoisotopic (exact) mass is 362 g/mol. The van der Waals surface area contributed by atoms with Crippen molar-refractivity contribution in [1.29, 1.82) is 5.26 Å². The van der Waals surface area contributed by atoms with Crippen molar-refractivity contribution < 1.29 is 14.3 Å². The third-order valence-electron chi connectivity index (χ3n) is 3.10. The molecule has 0 aliphatic heterocycles. The smallest absolute Gasteiger partial charge is 0.325 e. The van der Waals surface area contributed by atoms with E-state index in [1.807, 2.05) is 6.07 Å². The van der Waals surface area contributed by atoms with E-state index in [9.17, 15) is 9.59 Å². The molecule has 1 N–H and O–H groups in total. The molecule has 0 aliphatic carbocycles. The van der Waals surface area contributed by atoms with Crippen LogP contribution in [0.4, 0.5) is 0 Å². The number of carbonyl (C=O) groups is 2. The standard InChI is InChI=1S/C17H12Cl2N2O3/c18-13-5-6-14(15(19)7-13)17(23)21-9-16(22)24-10-12-4-2-1-3-11(12)8-20/h1-7H,9-10H2,(H,21,23). The maximum Gasteiger partial charge on any atom is 0.325 e. The molecule has 0 saturated carbocycles. The molecule has 0 radical (unpaired) electrons. The highest BCUT2D eigenvalue weighted by molar-refractivity contribution is 6.36. The van der Waals surface area contributed by atoms with E-state index in [1.54, 1.807) is 24.3 Å². The van der Waals surface area contributed by atoms with Crippen LogP contribution < -0.4 is 5.32 Å². The van der Waals surface area contributed by atoms with E-state index in [2.05, 4.69) is 5.32 Å². The minimum atomic E-state index is -0.624. The molecule has 0 aliphatic rings. The first-order valence-electron chi connectivity index (χ1n) is 6.88. The van der Waals surface area contributed by atoms with Gasteiger partial charge in [-0.1, -0.05) is 41.4 Å². The second kappa shape index (κ2) is 8.34. The van der Waals surface area contributed by atoms with Gasteiger partial charge in [-0.3, -0.25) is 9.59 Å². The van der Waals surface area contributed by atoms with E-state index < -0.39 is 11.9 Å². The molecule has 2 aromatic rings. The van der Waals surface area contributed by atoms with Gasteiger partial charge in [-0.15, -0.1) is 0 Å². The lowest BCUT2D eigenvalue weighted by Gasteiger charge is -2.08. The van der Waals surface area contributed by atoms with Gasteiger partial charge in [-0.25, -0.2) is 0 Å². The Hall–Kier alpha value is -2.55. The molecule has 0 fully saturated rings. The molecule has 24 heavy (non-hydrogen) atoms. The molecule has 0 spiro atoms. The topological polar surface area (TPSA) is 79.2 Å². The Morgan fingerprint density at radius 3 is 2.62 bits per heavy atom. The van der Waals surface area contributed by atoms with Crippen molar-refractivity contribution in [3.63, 3.8) is 0 Å². The summed E-state index contributed by atoms with van der Waals surface area (Å²) in [5.41, 5.74) is 1.24. The van der Waals surface area contributed by atoms with Gasteiger partial charge in [0.1, 0.15) is 13.2 Å². The quantitative estimate of drug-likeness (QED) is 0.827. The summed E-state index contributed by atoms with van der Waals surface area (Å²) in [5.74, 6) is -1.13. The molecule has 5 nitrogen and oxygen atoms in total. The first-order valence-corrected chi connectivity index (χ1v) is 7.63. The fourth-order valence-electron chi connectivity index (χ4n) is 1.89. The first-order chi connectivity index (χ1) is 11.5. The highest BCUT2D eigenvalue weighted by atomic mass is 35.5. The van der Waals surface area contributed by atoms with Crippen LogP contribution in [0, 0.1) is 11.3 Å². The number of nitrogens with zero attached hydrogens (tertiary/aromatic N) is 1. The Balaban J connectivity index is 1.87. The lowest BCUT2D eigenvalue weighted by Crippen LogP contribution is -2.30. The van der Waals surface area contributed by atoms with Crippen LogP contribution in [0.15, 0.2) is 42.5 Å². The number of hydrogen-bond acceptors (Lipinski definition) is 4. The van der Waals surface area contributed by atoms with Crippen LogP contribution in [0.2, 0.25) is 10.0 Å². The Labute approximate surface area is 148 Å². The SMILES string of the molecule is N#Cc1ccccc1COC(=O)CNC(=O)c1ccc(Cl)cc1Cl. The van der Waals surface area contributed by atoms with Gasteiger partial charge in [0.25, 0.3) is 5.91 Å². The highest BCUT2D eigenvalue weighted by Crippen LogP contribution is 2.20. The molecule has 1 amide bonds. The Bertz CT molecular complexity index is 816. The molecular formula is C17H12Cl2N2O3. The molecule has 0 saturated heterocycles. The van der Waals surface area contributed by atoms with Crippen molar-refractivity contribution >= 4 is 35.1 Å². The van der Waals surface area contributed by atoms with Crippen LogP contribution in [-0.4, -0.2) is 18.4 Å². The van der Waals surface area contributed by atoms with E-state index in [4.69, 9.17) is 33.2 Å². The van der Waals surface area contributed by atoms with Gasteiger partial charge in [0.15, 0.2) is 0 Å². The van der Waals surface area contributed by atoms with Crippen molar-refractivity contribution in [2.45, 2.75) is 6.61 Å². The molecule has 0 bridgehead atoms. The van der Waals surface area contributed by atoms with Gasteiger partial charge in [-0.2, -0.15) is 5.26 Å². The second-order valence-corrected chi connectivity index (χ2v) is 5.58. The number of carbonyl (C=O) groups excluding carboxylic acids is 2. The highest BCUT2D eigenvalue weighted by Gasteiger charge is 2.13. The number of hydrogen-bond donors (Lipinski definition) is 1. The molecule has 0 aromatic heterocycles. The maximum absolute atomic E-state index is 12.0. The number of nitrogens with one attached hydrogen (secondary N) is 1. The summed E-state index contributed by atoms with van der Waals surface area (Å²) in [7, 11) is 0. The van der Waals surface area contributed by atoms with E-state index >= 15 is 0 Å². The fraction of sp³-hybridized carbons (Fsp3) is 0.118. The van der Waals surface area contributed by atoms with Gasteiger partial charge < -0.3 is 10.1 Å². The fourth-order valence-corrected chi connectivity index (χ4v) is 2.38. The Morgan fingerprint density at radius 1 is 1.17 bits per heavy atom. The van der Waals surface area contributed by atoms with Gasteiger partial charge in [0, 0.05) is 10.6 Å². The number of esters is 1. The molecule has 0 atom stereocenters. The van der Waals surface area contributed by atoms with Gasteiger partial charge in [-0.05, 0) is 24.3 Å². The third kappa shape index (κ3) is 4.72. The van der Waals surface area contributed by atoms with E-state index in [0.29, 0.717) is 16.1 Å². The molecule has 0 heterocycles. The van der Waals surface area contributed by atoms with Gasteiger partial charge in [0.05, 0.1) is 22.2 Å². The molecule has 0 unspecified atom stereocenters. The molecule has 7 heteroatoms. The second-order valence-electron chi connectivity index (χ2n) is 4.74. The zero-order chi connectivity index (χ0) is 17.5. The van der Waals surface area contributed by atoms with Crippen LogP contribution >= 0.6 is 23.2 Å². The normalized spacial score (nSPS) is 9.88. The number of nitriles is 1. The molecule has 122 valence electrons. The van der Waals surface area contributed by atoms with E-state index in [1.165, 1.54) is 18.2 Å². The largest absolute Gasteiger partial charge is 0.459 e. The molecule has 2 aromatic carbocycles. The minimum absolute atomic E-state index is 0.0415. The lowest BCUT2D eigenvalue weighted by atomic mass is 10.1. The van der Waals surface area contributed by atoms with Crippen molar-refractivity contribution in [3.8, 4) is 6.07 Å². The first kappa shape index (κ1) is 17.8. The summed E-state index contributed by atoms with van der Waals surface area (Å²) in [6.07, 6.45) is 0. The van der Waals surface area contributed by atoms with Crippen LogP contribution in [0.5, 0.6) is 0 Å². The summed E-state index contributed by atoms with van der Waals surface area (Å²) in [4.78, 5) is 23.7. The summed E-state index contributed by atoms with van der Waals surface area (Å²) >= 11 is 11.7. The number of amides is 1. The number of rotatable bonds is 5. The Morgan fingerprint density at radius 2 is 1.92 bits per heavy atom. The zero-order valence-electron chi connectivity index (χ0n) is 12.4. The maximum atomic E-state index is 12.0. The number of benzene rings is 2. The predicted molar refractivity (Wildman–Crippen MR) is 89.7 cm³/mol. The average molecular weight is 363 g/mol. The van der Waals surface area contributed by atoms with Gasteiger partial charge >= 0.3 is 5.97 Å². The van der Waals surface area contributed by atoms with Crippen molar-refractivity contribution in [3.05, 3.63) is 69.2 Å². The van der Waals surface area contributed by atoms with Crippen molar-refractivity contribution in [1.82, 2.24) is 5.32 Å². The predicted octanol–water partition coefficient (Wildman–Crippen LogP) is 3.34. The molecule has 2 rings (SSSR count). The van der Waals surface area contributed by atoms with Crippen LogP contribution in [-0.2, 0) is 16.1 Å². The summed E-state index contributed by atoms with van der Waals surface area (Å²) in [5, 5.41) is 12.0. The summed E-state index contributed by atoms with van der Waals surface area (Å²) in [6.45, 7) is -0.355. The number of ether oxygens (including phenoxy) is 1. The van der Waals surface area contributed by atoms with E-state index in [0.717, 1.165) is 0 Å². The third-order valence-corrected chi connectivity index (χ3v) is 3.64. The Kier molecular flexibility index (Phi) is 6.19. The molecular weight excluding hydrogens is 351 g/mol. The van der Waals surface area contributed by atoms with Crippen LogP contribution in [0.25, 0.3) is 0 Å². The lowest BCUT2D eigenvalue weighted by molar-refractivity contribution is -0.143. The summed E-state index contributed by atoms with van der Waals surface area (Å²) in [6, 6.07) is 13.2. The van der Waals surface area contributed by atoms with E-state index in [-0.39, 0.29) is 23.7 Å². The minimum Gasteiger partial charge on any atom is -0.459 e. The number of halogens is 2.